The molecule has 0 aliphatic carbocycles. The van der Waals surface area contributed by atoms with Crippen LogP contribution >= 0.6 is 0 Å². The summed E-state index contributed by atoms with van der Waals surface area (Å²) >= 11 is 0. The third-order valence-electron chi connectivity index (χ3n) is 2.07. The molecule has 0 amide bonds. The van der Waals surface area contributed by atoms with Gasteiger partial charge in [0.15, 0.2) is 6.29 Å². The maximum Gasteiger partial charge on any atom is 0.184 e. The second-order valence-corrected chi connectivity index (χ2v) is 2.94. The summed E-state index contributed by atoms with van der Waals surface area (Å²) in [7, 11) is 0. The van der Waals surface area contributed by atoms with Gasteiger partial charge in [-0.25, -0.2) is 0 Å². The smallest absolute Gasteiger partial charge is 0.184 e. The van der Waals surface area contributed by atoms with Gasteiger partial charge >= 0.3 is 0 Å². The predicted molar refractivity (Wildman–Crippen MR) is 51.2 cm³/mol. The SMILES string of the molecule is C=Cc1ccc(C2OCCO2)cc1. The maximum atomic E-state index is 5.36. The average Bonchev–Trinajstić information content (AvgIpc) is 2.71. The van der Waals surface area contributed by atoms with Crippen LogP contribution in [-0.4, -0.2) is 13.2 Å². The second kappa shape index (κ2) is 3.73. The fourth-order valence-corrected chi connectivity index (χ4v) is 1.34. The first kappa shape index (κ1) is 8.48. The summed E-state index contributed by atoms with van der Waals surface area (Å²) in [4.78, 5) is 0. The largest absolute Gasteiger partial charge is 0.346 e. The van der Waals surface area contributed by atoms with Crippen molar-refractivity contribution in [2.45, 2.75) is 6.29 Å². The molecule has 0 atom stereocenters. The van der Waals surface area contributed by atoms with Crippen molar-refractivity contribution in [1.82, 2.24) is 0 Å². The Labute approximate surface area is 77.8 Å². The van der Waals surface area contributed by atoms with Gasteiger partial charge in [-0.15, -0.1) is 0 Å². The highest BCUT2D eigenvalue weighted by Gasteiger charge is 2.17. The highest BCUT2D eigenvalue weighted by Crippen LogP contribution is 2.23. The van der Waals surface area contributed by atoms with Crippen LogP contribution in [-0.2, 0) is 9.47 Å². The highest BCUT2D eigenvalue weighted by atomic mass is 16.7. The van der Waals surface area contributed by atoms with Crippen molar-refractivity contribution in [2.24, 2.45) is 0 Å². The molecular weight excluding hydrogens is 164 g/mol. The molecule has 1 aromatic rings. The third kappa shape index (κ3) is 1.79. The van der Waals surface area contributed by atoms with Crippen LogP contribution in [0.5, 0.6) is 0 Å². The van der Waals surface area contributed by atoms with Crippen LogP contribution < -0.4 is 0 Å². The van der Waals surface area contributed by atoms with E-state index in [1.54, 1.807) is 0 Å². The van der Waals surface area contributed by atoms with E-state index in [-0.39, 0.29) is 6.29 Å². The van der Waals surface area contributed by atoms with Crippen molar-refractivity contribution in [3.8, 4) is 0 Å². The zero-order valence-electron chi connectivity index (χ0n) is 7.40. The molecule has 0 aromatic heterocycles. The lowest BCUT2D eigenvalue weighted by molar-refractivity contribution is -0.0441. The molecule has 1 aliphatic heterocycles. The van der Waals surface area contributed by atoms with Gasteiger partial charge < -0.3 is 9.47 Å². The van der Waals surface area contributed by atoms with Crippen molar-refractivity contribution in [2.75, 3.05) is 13.2 Å². The van der Waals surface area contributed by atoms with Crippen LogP contribution in [0, 0.1) is 0 Å². The van der Waals surface area contributed by atoms with Crippen molar-refractivity contribution in [3.05, 3.63) is 42.0 Å². The van der Waals surface area contributed by atoms with Crippen LogP contribution in [0.25, 0.3) is 6.08 Å². The Morgan fingerprint density at radius 3 is 2.31 bits per heavy atom. The van der Waals surface area contributed by atoms with Crippen molar-refractivity contribution < 1.29 is 9.47 Å². The Morgan fingerprint density at radius 1 is 1.15 bits per heavy atom. The Hall–Kier alpha value is -1.12. The predicted octanol–water partition coefficient (Wildman–Crippen LogP) is 2.38. The molecule has 13 heavy (non-hydrogen) atoms. The van der Waals surface area contributed by atoms with Crippen LogP contribution in [0.1, 0.15) is 17.4 Å². The fraction of sp³-hybridized carbons (Fsp3) is 0.273. The Morgan fingerprint density at radius 2 is 1.77 bits per heavy atom. The Bertz CT molecular complexity index is 283. The molecule has 0 bridgehead atoms. The van der Waals surface area contributed by atoms with Gasteiger partial charge in [-0.2, -0.15) is 0 Å². The van der Waals surface area contributed by atoms with E-state index < -0.39 is 0 Å². The molecule has 1 heterocycles. The van der Waals surface area contributed by atoms with Gasteiger partial charge in [-0.05, 0) is 5.56 Å². The van der Waals surface area contributed by atoms with Gasteiger partial charge in [-0.1, -0.05) is 36.9 Å². The van der Waals surface area contributed by atoms with E-state index in [1.807, 2.05) is 30.3 Å². The van der Waals surface area contributed by atoms with Gasteiger partial charge in [0.1, 0.15) is 0 Å². The first-order valence-electron chi connectivity index (χ1n) is 4.36. The number of rotatable bonds is 2. The zero-order chi connectivity index (χ0) is 9.10. The molecule has 2 heteroatoms. The molecule has 68 valence electrons. The van der Waals surface area contributed by atoms with E-state index >= 15 is 0 Å². The molecule has 0 unspecified atom stereocenters. The van der Waals surface area contributed by atoms with Gasteiger partial charge in [0, 0.05) is 5.56 Å². The topological polar surface area (TPSA) is 18.5 Å². The van der Waals surface area contributed by atoms with Crippen molar-refractivity contribution in [3.63, 3.8) is 0 Å². The normalized spacial score (nSPS) is 17.5. The molecular formula is C11H12O2. The first-order valence-corrected chi connectivity index (χ1v) is 4.36. The Balaban J connectivity index is 2.16. The number of benzene rings is 1. The van der Waals surface area contributed by atoms with E-state index in [2.05, 4.69) is 6.58 Å². The van der Waals surface area contributed by atoms with Gasteiger partial charge in [0.05, 0.1) is 13.2 Å². The third-order valence-corrected chi connectivity index (χ3v) is 2.07. The van der Waals surface area contributed by atoms with Gasteiger partial charge in [-0.3, -0.25) is 0 Å². The zero-order valence-corrected chi connectivity index (χ0v) is 7.40. The van der Waals surface area contributed by atoms with Crippen LogP contribution in [0.4, 0.5) is 0 Å². The lowest BCUT2D eigenvalue weighted by Gasteiger charge is -2.08. The van der Waals surface area contributed by atoms with Crippen LogP contribution in [0.3, 0.4) is 0 Å². The monoisotopic (exact) mass is 176 g/mol. The van der Waals surface area contributed by atoms with E-state index in [9.17, 15) is 0 Å². The summed E-state index contributed by atoms with van der Waals surface area (Å²) < 4.78 is 10.7. The molecule has 2 rings (SSSR count). The second-order valence-electron chi connectivity index (χ2n) is 2.94. The minimum Gasteiger partial charge on any atom is -0.346 e. The number of ether oxygens (including phenoxy) is 2. The maximum absolute atomic E-state index is 5.36. The molecule has 1 fully saturated rings. The molecule has 0 radical (unpaired) electrons. The fourth-order valence-electron chi connectivity index (χ4n) is 1.34. The van der Waals surface area contributed by atoms with E-state index in [0.29, 0.717) is 13.2 Å². The summed E-state index contributed by atoms with van der Waals surface area (Å²) in [6.45, 7) is 5.07. The molecule has 1 saturated heterocycles. The van der Waals surface area contributed by atoms with E-state index in [0.717, 1.165) is 11.1 Å². The van der Waals surface area contributed by atoms with E-state index in [4.69, 9.17) is 9.47 Å². The molecule has 0 saturated carbocycles. The standard InChI is InChI=1S/C11H12O2/c1-2-9-3-5-10(6-4-9)11-12-7-8-13-11/h2-6,11H,1,7-8H2. The van der Waals surface area contributed by atoms with Gasteiger partial charge in [0.2, 0.25) is 0 Å². The minimum atomic E-state index is -0.168. The lowest BCUT2D eigenvalue weighted by Crippen LogP contribution is -1.97. The quantitative estimate of drug-likeness (QED) is 0.688. The minimum absolute atomic E-state index is 0.168. The van der Waals surface area contributed by atoms with Gasteiger partial charge in [0.25, 0.3) is 0 Å². The summed E-state index contributed by atoms with van der Waals surface area (Å²) in [5.41, 5.74) is 2.19. The average molecular weight is 176 g/mol. The van der Waals surface area contributed by atoms with Crippen LogP contribution in [0.2, 0.25) is 0 Å². The first-order chi connectivity index (χ1) is 6.40. The number of hydrogen-bond donors (Lipinski definition) is 0. The molecule has 1 aromatic carbocycles. The molecule has 0 spiro atoms. The number of hydrogen-bond acceptors (Lipinski definition) is 2. The summed E-state index contributed by atoms with van der Waals surface area (Å²) in [5, 5.41) is 0. The van der Waals surface area contributed by atoms with Crippen molar-refractivity contribution in [1.29, 1.82) is 0 Å². The van der Waals surface area contributed by atoms with E-state index in [1.165, 1.54) is 0 Å². The van der Waals surface area contributed by atoms with Crippen LogP contribution in [0.15, 0.2) is 30.8 Å². The Kier molecular flexibility index (Phi) is 2.43. The summed E-state index contributed by atoms with van der Waals surface area (Å²) in [6, 6.07) is 8.03. The lowest BCUT2D eigenvalue weighted by atomic mass is 10.1. The highest BCUT2D eigenvalue weighted by molar-refractivity contribution is 5.47. The molecule has 1 aliphatic rings. The summed E-state index contributed by atoms with van der Waals surface area (Å²) in [6.07, 6.45) is 1.65. The molecule has 2 nitrogen and oxygen atoms in total. The summed E-state index contributed by atoms with van der Waals surface area (Å²) in [5.74, 6) is 0. The molecule has 0 N–H and O–H groups in total. The van der Waals surface area contributed by atoms with Crippen molar-refractivity contribution >= 4 is 6.08 Å².